The molecular formula is C18H18F6N4O2. The van der Waals surface area contributed by atoms with Gasteiger partial charge < -0.3 is 20.3 Å². The molecule has 0 saturated carbocycles. The van der Waals surface area contributed by atoms with E-state index in [0.29, 0.717) is 23.8 Å². The zero-order valence-corrected chi connectivity index (χ0v) is 15.5. The van der Waals surface area contributed by atoms with E-state index in [9.17, 15) is 31.1 Å². The van der Waals surface area contributed by atoms with E-state index < -0.39 is 54.0 Å². The number of alkyl halides is 6. The summed E-state index contributed by atoms with van der Waals surface area (Å²) in [5, 5.41) is 8.87. The third-order valence-electron chi connectivity index (χ3n) is 5.11. The number of carbonyl (C=O) groups excluding carboxylic acids is 1. The molecule has 2 aliphatic rings. The van der Waals surface area contributed by atoms with E-state index in [0.717, 1.165) is 12.1 Å². The summed E-state index contributed by atoms with van der Waals surface area (Å²) < 4.78 is 85.2. The number of likely N-dealkylation sites (tertiary alicyclic amines) is 1. The summed E-state index contributed by atoms with van der Waals surface area (Å²) in [6, 6.07) is 3.51. The topological polar surface area (TPSA) is 82.6 Å². The van der Waals surface area contributed by atoms with Gasteiger partial charge in [-0.05, 0) is 31.0 Å². The maximum Gasteiger partial charge on any atom is 0.433 e. The van der Waals surface area contributed by atoms with E-state index >= 15 is 0 Å². The number of hydrogen-bond donors (Lipinski definition) is 1. The van der Waals surface area contributed by atoms with Gasteiger partial charge in [0.05, 0.1) is 23.7 Å². The summed E-state index contributed by atoms with van der Waals surface area (Å²) >= 11 is 0. The van der Waals surface area contributed by atoms with Crippen LogP contribution >= 0.6 is 0 Å². The van der Waals surface area contributed by atoms with Crippen molar-refractivity contribution in [3.05, 3.63) is 29.3 Å². The van der Waals surface area contributed by atoms with Crippen molar-refractivity contribution in [1.82, 2.24) is 4.90 Å². The van der Waals surface area contributed by atoms with E-state index in [1.165, 1.54) is 11.0 Å². The minimum Gasteiger partial charge on any atom is -0.340 e. The van der Waals surface area contributed by atoms with Gasteiger partial charge in [-0.15, -0.1) is 0 Å². The first-order valence-corrected chi connectivity index (χ1v) is 9.06. The van der Waals surface area contributed by atoms with Crippen molar-refractivity contribution >= 4 is 11.6 Å². The van der Waals surface area contributed by atoms with Gasteiger partial charge in [-0.25, -0.2) is 0 Å². The molecule has 2 aliphatic heterocycles. The molecule has 2 N–H and O–H groups in total. The Balaban J connectivity index is 1.90. The molecule has 0 bridgehead atoms. The number of amides is 1. The van der Waals surface area contributed by atoms with Gasteiger partial charge in [0.15, 0.2) is 6.10 Å². The minimum atomic E-state index is -4.95. The van der Waals surface area contributed by atoms with Crippen molar-refractivity contribution in [2.45, 2.75) is 43.6 Å². The van der Waals surface area contributed by atoms with Crippen LogP contribution < -0.4 is 10.6 Å². The lowest BCUT2D eigenvalue weighted by Crippen LogP contribution is -2.47. The second-order valence-electron chi connectivity index (χ2n) is 7.17. The van der Waals surface area contributed by atoms with Crippen LogP contribution in [0.4, 0.5) is 32.0 Å². The molecule has 1 aromatic carbocycles. The Morgan fingerprint density at radius 3 is 2.33 bits per heavy atom. The van der Waals surface area contributed by atoms with Crippen LogP contribution in [0.25, 0.3) is 0 Å². The molecule has 1 aromatic rings. The average molecular weight is 436 g/mol. The van der Waals surface area contributed by atoms with Crippen LogP contribution in [0.15, 0.2) is 18.2 Å². The molecule has 0 aliphatic carbocycles. The summed E-state index contributed by atoms with van der Waals surface area (Å²) in [5.74, 6) is -0.664. The van der Waals surface area contributed by atoms with E-state index in [4.69, 9.17) is 15.7 Å². The fraction of sp³-hybridized carbons (Fsp3) is 0.556. The zero-order chi connectivity index (χ0) is 22.3. The fourth-order valence-corrected chi connectivity index (χ4v) is 3.54. The quantitative estimate of drug-likeness (QED) is 0.721. The van der Waals surface area contributed by atoms with Crippen LogP contribution in [-0.2, 0) is 15.7 Å². The van der Waals surface area contributed by atoms with Crippen molar-refractivity contribution in [3.63, 3.8) is 0 Å². The van der Waals surface area contributed by atoms with Crippen LogP contribution in [0.1, 0.15) is 24.0 Å². The molecule has 0 spiro atoms. The number of anilines is 1. The van der Waals surface area contributed by atoms with Crippen molar-refractivity contribution < 1.29 is 35.9 Å². The molecule has 3 rings (SSSR count). The Morgan fingerprint density at radius 1 is 1.17 bits per heavy atom. The first-order chi connectivity index (χ1) is 13.9. The highest BCUT2D eigenvalue weighted by Crippen LogP contribution is 2.39. The van der Waals surface area contributed by atoms with Crippen molar-refractivity contribution in [1.29, 1.82) is 5.26 Å². The molecule has 1 amide bonds. The van der Waals surface area contributed by atoms with Gasteiger partial charge in [-0.2, -0.15) is 31.6 Å². The largest absolute Gasteiger partial charge is 0.433 e. The van der Waals surface area contributed by atoms with Crippen molar-refractivity contribution in [3.8, 4) is 6.07 Å². The number of rotatable bonds is 2. The highest BCUT2D eigenvalue weighted by atomic mass is 19.4. The fourth-order valence-electron chi connectivity index (χ4n) is 3.54. The smallest absolute Gasteiger partial charge is 0.340 e. The average Bonchev–Trinajstić information content (AvgIpc) is 3.13. The maximum absolute atomic E-state index is 13.5. The number of nitrogens with two attached hydrogens (primary N) is 1. The number of ether oxygens (including phenoxy) is 1. The van der Waals surface area contributed by atoms with Gasteiger partial charge in [-0.3, -0.25) is 4.79 Å². The first kappa shape index (κ1) is 22.2. The second-order valence-corrected chi connectivity index (χ2v) is 7.17. The van der Waals surface area contributed by atoms with Crippen LogP contribution in [0, 0.1) is 11.3 Å². The highest BCUT2D eigenvalue weighted by Gasteiger charge is 2.53. The lowest BCUT2D eigenvalue weighted by molar-refractivity contribution is -0.215. The predicted molar refractivity (Wildman–Crippen MR) is 92.0 cm³/mol. The lowest BCUT2D eigenvalue weighted by Gasteiger charge is -2.31. The molecule has 0 radical (unpaired) electrons. The summed E-state index contributed by atoms with van der Waals surface area (Å²) in [5.41, 5.74) is 3.24. The van der Waals surface area contributed by atoms with E-state index in [2.05, 4.69) is 0 Å². The van der Waals surface area contributed by atoms with Gasteiger partial charge in [0.25, 0.3) is 5.91 Å². The Labute approximate surface area is 167 Å². The SMILES string of the molecule is N#Cc1ccc(N2C[C@@H](C(=O)N3CCC(N)CC3)O[C@@H]2C(F)(F)F)cc1C(F)(F)F. The van der Waals surface area contributed by atoms with Crippen LogP contribution in [0.2, 0.25) is 0 Å². The Morgan fingerprint density at radius 2 is 1.80 bits per heavy atom. The minimum absolute atomic E-state index is 0.0996. The van der Waals surface area contributed by atoms with E-state index in [1.807, 2.05) is 0 Å². The molecule has 2 saturated heterocycles. The van der Waals surface area contributed by atoms with Gasteiger partial charge in [-0.1, -0.05) is 0 Å². The molecule has 12 heteroatoms. The molecule has 2 fully saturated rings. The predicted octanol–water partition coefficient (Wildman–Crippen LogP) is 2.62. The first-order valence-electron chi connectivity index (χ1n) is 9.06. The van der Waals surface area contributed by atoms with E-state index in [-0.39, 0.29) is 19.1 Å². The standard InChI is InChI=1S/C18H18F6N4O2/c19-17(20,21)13-7-12(2-1-10(13)8-25)28-9-14(30-16(28)18(22,23)24)15(29)27-5-3-11(26)4-6-27/h1-2,7,11,14,16H,3-6,9,26H2/t14-,16+/m0/s1. The molecule has 30 heavy (non-hydrogen) atoms. The molecule has 0 unspecified atom stereocenters. The van der Waals surface area contributed by atoms with Gasteiger partial charge in [0, 0.05) is 24.8 Å². The third kappa shape index (κ3) is 4.46. The number of nitrogens with zero attached hydrogens (tertiary/aromatic N) is 3. The van der Waals surface area contributed by atoms with Gasteiger partial charge in [0.2, 0.25) is 6.23 Å². The number of nitriles is 1. The molecule has 6 nitrogen and oxygen atoms in total. The van der Waals surface area contributed by atoms with Crippen LogP contribution in [0.5, 0.6) is 0 Å². The van der Waals surface area contributed by atoms with Gasteiger partial charge in [0.1, 0.15) is 0 Å². The lowest BCUT2D eigenvalue weighted by atomic mass is 10.1. The summed E-state index contributed by atoms with van der Waals surface area (Å²) in [6.45, 7) is -0.0357. The molecule has 164 valence electrons. The normalized spacial score (nSPS) is 23.5. The maximum atomic E-state index is 13.5. The number of hydrogen-bond acceptors (Lipinski definition) is 5. The Bertz CT molecular complexity index is 843. The van der Waals surface area contributed by atoms with Crippen molar-refractivity contribution in [2.24, 2.45) is 5.73 Å². The van der Waals surface area contributed by atoms with Crippen LogP contribution in [-0.4, -0.2) is 55.0 Å². The summed E-state index contributed by atoms with van der Waals surface area (Å²) in [7, 11) is 0. The monoisotopic (exact) mass is 436 g/mol. The van der Waals surface area contributed by atoms with E-state index in [1.54, 1.807) is 0 Å². The molecule has 2 heterocycles. The Kier molecular flexibility index (Phi) is 5.88. The third-order valence-corrected chi connectivity index (χ3v) is 5.11. The number of piperidine rings is 1. The van der Waals surface area contributed by atoms with Crippen molar-refractivity contribution in [2.75, 3.05) is 24.5 Å². The molecular weight excluding hydrogens is 418 g/mol. The molecule has 0 aromatic heterocycles. The zero-order valence-electron chi connectivity index (χ0n) is 15.5. The summed E-state index contributed by atoms with van der Waals surface area (Å²) in [4.78, 5) is 14.5. The summed E-state index contributed by atoms with van der Waals surface area (Å²) in [6.07, 6.45) is -13.0. The highest BCUT2D eigenvalue weighted by molar-refractivity contribution is 5.82. The second kappa shape index (κ2) is 7.96. The molecule has 2 atom stereocenters. The number of carbonyl (C=O) groups is 1. The number of benzene rings is 1. The van der Waals surface area contributed by atoms with Gasteiger partial charge >= 0.3 is 12.4 Å². The Hall–Kier alpha value is -2.52. The van der Waals surface area contributed by atoms with Crippen LogP contribution in [0.3, 0.4) is 0 Å². The number of halogens is 6.